The van der Waals surface area contributed by atoms with Gasteiger partial charge in [-0.15, -0.1) is 5.10 Å². The Balaban J connectivity index is 1.68. The van der Waals surface area contributed by atoms with Gasteiger partial charge in [0.1, 0.15) is 5.82 Å². The highest BCUT2D eigenvalue weighted by Gasteiger charge is 2.18. The zero-order chi connectivity index (χ0) is 18.1. The molecule has 0 unspecified atom stereocenters. The minimum atomic E-state index is -0.142. The molecule has 0 radical (unpaired) electrons. The van der Waals surface area contributed by atoms with Crippen molar-refractivity contribution in [1.82, 2.24) is 30.2 Å². The number of nitrogens with zero attached hydrogens (tertiary/aromatic N) is 5. The van der Waals surface area contributed by atoms with Gasteiger partial charge in [-0.25, -0.2) is 4.98 Å². The molecule has 0 aliphatic rings. The third kappa shape index (κ3) is 2.99. The van der Waals surface area contributed by atoms with Crippen molar-refractivity contribution in [2.75, 3.05) is 0 Å². The van der Waals surface area contributed by atoms with Gasteiger partial charge in [-0.1, -0.05) is 42.1 Å². The standard InChI is InChI=1S/C18H16N6OS/c1-11-7-3-6-10-15(11)24-18(21-22-23-24)26-12(2)16-19-14-9-5-4-8-13(14)17(25)20-16/h3-10,12H,1-2H3,(H,19,20,25)/t12-/m0/s1. The highest BCUT2D eigenvalue weighted by Crippen LogP contribution is 2.32. The summed E-state index contributed by atoms with van der Waals surface area (Å²) in [6.45, 7) is 3.98. The molecule has 0 aliphatic carbocycles. The quantitative estimate of drug-likeness (QED) is 0.560. The van der Waals surface area contributed by atoms with E-state index in [4.69, 9.17) is 0 Å². The Kier molecular flexibility index (Phi) is 4.26. The number of hydrogen-bond donors (Lipinski definition) is 1. The number of aromatic amines is 1. The Morgan fingerprint density at radius 2 is 1.88 bits per heavy atom. The number of para-hydroxylation sites is 2. The van der Waals surface area contributed by atoms with Crippen LogP contribution in [0.2, 0.25) is 0 Å². The number of benzene rings is 2. The first-order chi connectivity index (χ1) is 12.6. The second-order valence-corrected chi connectivity index (χ2v) is 7.20. The summed E-state index contributed by atoms with van der Waals surface area (Å²) in [6.07, 6.45) is 0. The van der Waals surface area contributed by atoms with E-state index in [1.807, 2.05) is 56.3 Å². The number of nitrogens with one attached hydrogen (secondary N) is 1. The minimum absolute atomic E-state index is 0.124. The molecule has 0 bridgehead atoms. The normalized spacial score (nSPS) is 12.4. The highest BCUT2D eigenvalue weighted by atomic mass is 32.2. The second kappa shape index (κ2) is 6.72. The number of hydrogen-bond acceptors (Lipinski definition) is 6. The van der Waals surface area contributed by atoms with E-state index in [1.165, 1.54) is 11.8 Å². The van der Waals surface area contributed by atoms with E-state index in [2.05, 4.69) is 25.5 Å². The van der Waals surface area contributed by atoms with Crippen LogP contribution in [0.25, 0.3) is 16.6 Å². The summed E-state index contributed by atoms with van der Waals surface area (Å²) in [5, 5.41) is 13.1. The molecule has 1 N–H and O–H groups in total. The van der Waals surface area contributed by atoms with E-state index in [0.29, 0.717) is 21.9 Å². The lowest BCUT2D eigenvalue weighted by atomic mass is 10.2. The van der Waals surface area contributed by atoms with E-state index >= 15 is 0 Å². The van der Waals surface area contributed by atoms with Crippen molar-refractivity contribution < 1.29 is 0 Å². The van der Waals surface area contributed by atoms with Gasteiger partial charge < -0.3 is 4.98 Å². The van der Waals surface area contributed by atoms with Crippen LogP contribution in [-0.2, 0) is 0 Å². The van der Waals surface area contributed by atoms with Crippen molar-refractivity contribution in [2.45, 2.75) is 24.3 Å². The number of rotatable bonds is 4. The van der Waals surface area contributed by atoms with Crippen LogP contribution in [0.4, 0.5) is 0 Å². The average Bonchev–Trinajstić information content (AvgIpc) is 3.10. The largest absolute Gasteiger partial charge is 0.309 e. The summed E-state index contributed by atoms with van der Waals surface area (Å²) >= 11 is 1.44. The number of thioether (sulfide) groups is 1. The van der Waals surface area contributed by atoms with Gasteiger partial charge in [-0.05, 0) is 48.0 Å². The number of aromatic nitrogens is 6. The van der Waals surface area contributed by atoms with Gasteiger partial charge in [0.05, 0.1) is 21.8 Å². The van der Waals surface area contributed by atoms with Gasteiger partial charge in [0.25, 0.3) is 5.56 Å². The number of tetrazole rings is 1. The van der Waals surface area contributed by atoms with Crippen LogP contribution in [0.1, 0.15) is 23.6 Å². The first-order valence-electron chi connectivity index (χ1n) is 8.13. The van der Waals surface area contributed by atoms with Gasteiger partial charge >= 0.3 is 0 Å². The first kappa shape index (κ1) is 16.5. The summed E-state index contributed by atoms with van der Waals surface area (Å²) in [5.74, 6) is 0.595. The number of fused-ring (bicyclic) bond motifs is 1. The molecule has 2 aromatic heterocycles. The SMILES string of the molecule is Cc1ccccc1-n1nnnc1S[C@@H](C)c1nc2ccccc2c(=O)[nH]1. The fraction of sp³-hybridized carbons (Fsp3) is 0.167. The fourth-order valence-electron chi connectivity index (χ4n) is 2.72. The van der Waals surface area contributed by atoms with Crippen LogP contribution < -0.4 is 5.56 Å². The van der Waals surface area contributed by atoms with E-state index in [0.717, 1.165) is 11.3 Å². The van der Waals surface area contributed by atoms with Crippen molar-refractivity contribution in [3.05, 3.63) is 70.3 Å². The highest BCUT2D eigenvalue weighted by molar-refractivity contribution is 7.99. The summed E-state index contributed by atoms with van der Waals surface area (Å²) in [7, 11) is 0. The van der Waals surface area contributed by atoms with Gasteiger partial charge in [-0.2, -0.15) is 4.68 Å². The van der Waals surface area contributed by atoms with Gasteiger partial charge in [0, 0.05) is 0 Å². The van der Waals surface area contributed by atoms with E-state index in [1.54, 1.807) is 10.7 Å². The molecule has 0 fully saturated rings. The van der Waals surface area contributed by atoms with Crippen molar-refractivity contribution in [3.8, 4) is 5.69 Å². The third-order valence-electron chi connectivity index (χ3n) is 4.08. The lowest BCUT2D eigenvalue weighted by Gasteiger charge is -2.12. The summed E-state index contributed by atoms with van der Waals surface area (Å²) in [5.41, 5.74) is 2.53. The smallest absolute Gasteiger partial charge is 0.258 e. The molecule has 0 aliphatic heterocycles. The molecule has 2 heterocycles. The monoisotopic (exact) mass is 364 g/mol. The average molecular weight is 364 g/mol. The predicted molar refractivity (Wildman–Crippen MR) is 101 cm³/mol. The van der Waals surface area contributed by atoms with E-state index < -0.39 is 0 Å². The maximum absolute atomic E-state index is 12.3. The Morgan fingerprint density at radius 3 is 2.73 bits per heavy atom. The molecule has 8 heteroatoms. The van der Waals surface area contributed by atoms with Gasteiger partial charge in [0.15, 0.2) is 0 Å². The second-order valence-electron chi connectivity index (χ2n) is 5.89. The Morgan fingerprint density at radius 1 is 1.12 bits per heavy atom. The lowest BCUT2D eigenvalue weighted by Crippen LogP contribution is -2.13. The Bertz CT molecular complexity index is 1140. The fourth-order valence-corrected chi connectivity index (χ4v) is 3.57. The minimum Gasteiger partial charge on any atom is -0.309 e. The first-order valence-corrected chi connectivity index (χ1v) is 9.01. The number of H-pyrrole nitrogens is 1. The molecule has 0 saturated heterocycles. The lowest BCUT2D eigenvalue weighted by molar-refractivity contribution is 0.749. The van der Waals surface area contributed by atoms with Crippen LogP contribution in [0.5, 0.6) is 0 Å². The third-order valence-corrected chi connectivity index (χ3v) is 5.13. The van der Waals surface area contributed by atoms with Crippen LogP contribution in [0.3, 0.4) is 0 Å². The molecule has 130 valence electrons. The maximum atomic E-state index is 12.3. The molecule has 7 nitrogen and oxygen atoms in total. The molecule has 0 saturated carbocycles. The zero-order valence-electron chi connectivity index (χ0n) is 14.2. The molecule has 0 amide bonds. The maximum Gasteiger partial charge on any atom is 0.258 e. The molecular weight excluding hydrogens is 348 g/mol. The summed E-state index contributed by atoms with van der Waals surface area (Å²) in [4.78, 5) is 19.7. The molecule has 2 aromatic carbocycles. The molecule has 26 heavy (non-hydrogen) atoms. The number of aryl methyl sites for hydroxylation is 1. The van der Waals surface area contributed by atoms with Crippen LogP contribution in [0.15, 0.2) is 58.5 Å². The van der Waals surface area contributed by atoms with Crippen molar-refractivity contribution in [3.63, 3.8) is 0 Å². The molecule has 1 atom stereocenters. The van der Waals surface area contributed by atoms with Gasteiger partial charge in [-0.3, -0.25) is 4.79 Å². The van der Waals surface area contributed by atoms with Crippen molar-refractivity contribution in [2.24, 2.45) is 0 Å². The van der Waals surface area contributed by atoms with Crippen molar-refractivity contribution in [1.29, 1.82) is 0 Å². The van der Waals surface area contributed by atoms with Crippen molar-refractivity contribution >= 4 is 22.7 Å². The van der Waals surface area contributed by atoms with E-state index in [-0.39, 0.29) is 10.8 Å². The molecular formula is C18H16N6OS. The molecule has 0 spiro atoms. The zero-order valence-corrected chi connectivity index (χ0v) is 15.1. The van der Waals surface area contributed by atoms with Crippen LogP contribution in [-0.4, -0.2) is 30.2 Å². The summed E-state index contributed by atoms with van der Waals surface area (Å²) < 4.78 is 1.70. The summed E-state index contributed by atoms with van der Waals surface area (Å²) in [6, 6.07) is 15.2. The topological polar surface area (TPSA) is 89.3 Å². The van der Waals surface area contributed by atoms with Gasteiger partial charge in [0.2, 0.25) is 5.16 Å². The Hall–Kier alpha value is -3.00. The predicted octanol–water partition coefficient (Wildman–Crippen LogP) is 3.06. The Labute approximate surface area is 153 Å². The molecule has 4 aromatic rings. The van der Waals surface area contributed by atoms with Crippen LogP contribution >= 0.6 is 11.8 Å². The van der Waals surface area contributed by atoms with E-state index in [9.17, 15) is 4.79 Å². The molecule has 4 rings (SSSR count). The van der Waals surface area contributed by atoms with Crippen LogP contribution in [0, 0.1) is 6.92 Å².